The highest BCUT2D eigenvalue weighted by molar-refractivity contribution is 5.85. The van der Waals surface area contributed by atoms with E-state index in [0.29, 0.717) is 5.69 Å². The molecule has 3 N–H and O–H groups in total. The first-order chi connectivity index (χ1) is 5.24. The summed E-state index contributed by atoms with van der Waals surface area (Å²) in [6, 6.07) is 5.97. The zero-order chi connectivity index (χ0) is 8.27. The van der Waals surface area contributed by atoms with Crippen molar-refractivity contribution in [1.82, 2.24) is 0 Å². The minimum atomic E-state index is -0.471. The van der Waals surface area contributed by atoms with Gasteiger partial charge < -0.3 is 5.43 Å². The lowest BCUT2D eigenvalue weighted by Crippen LogP contribution is -2.06. The third-order valence-electron chi connectivity index (χ3n) is 1.22. The van der Waals surface area contributed by atoms with E-state index < -0.39 is 4.92 Å². The standard InChI is InChI=1S/C6H7N3O2.2ClH/c7-8-5-2-1-3-6(4-5)9(10)11;;/h1-4,8H,7H2;2*1H. The predicted octanol–water partition coefficient (Wildman–Crippen LogP) is 1.72. The highest BCUT2D eigenvalue weighted by atomic mass is 35.5. The number of nitrogens with zero attached hydrogens (tertiary/aromatic N) is 1. The summed E-state index contributed by atoms with van der Waals surface area (Å²) in [6.45, 7) is 0. The Bertz CT molecular complexity index is 282. The Kier molecular flexibility index (Phi) is 7.21. The molecule has 0 fully saturated rings. The van der Waals surface area contributed by atoms with Crippen molar-refractivity contribution in [2.75, 3.05) is 5.43 Å². The number of rotatable bonds is 2. The summed E-state index contributed by atoms with van der Waals surface area (Å²) in [6.07, 6.45) is 0. The van der Waals surface area contributed by atoms with E-state index in [9.17, 15) is 10.1 Å². The van der Waals surface area contributed by atoms with Gasteiger partial charge in [-0.05, 0) is 6.07 Å². The summed E-state index contributed by atoms with van der Waals surface area (Å²) in [5.74, 6) is 5.05. The molecular weight excluding hydrogens is 217 g/mol. The molecule has 0 bridgehead atoms. The summed E-state index contributed by atoms with van der Waals surface area (Å²) in [5, 5.41) is 10.2. The molecule has 0 spiro atoms. The molecule has 74 valence electrons. The Morgan fingerprint density at radius 2 is 2.00 bits per heavy atom. The van der Waals surface area contributed by atoms with Crippen LogP contribution in [-0.2, 0) is 0 Å². The van der Waals surface area contributed by atoms with E-state index in [1.54, 1.807) is 12.1 Å². The highest BCUT2D eigenvalue weighted by Gasteiger charge is 2.03. The number of hydrogen-bond acceptors (Lipinski definition) is 4. The number of hydrogen-bond donors (Lipinski definition) is 2. The van der Waals surface area contributed by atoms with Crippen LogP contribution in [0.1, 0.15) is 0 Å². The molecule has 0 radical (unpaired) electrons. The molecule has 1 aromatic rings. The van der Waals surface area contributed by atoms with Gasteiger partial charge in [0.05, 0.1) is 10.6 Å². The lowest BCUT2D eigenvalue weighted by molar-refractivity contribution is -0.384. The second-order valence-electron chi connectivity index (χ2n) is 1.95. The Hall–Kier alpha value is -1.04. The molecule has 1 rings (SSSR count). The number of nitro benzene ring substituents is 1. The molecular formula is C6H9Cl2N3O2. The summed E-state index contributed by atoms with van der Waals surface area (Å²) in [4.78, 5) is 9.73. The van der Waals surface area contributed by atoms with E-state index in [-0.39, 0.29) is 30.5 Å². The molecule has 0 aliphatic heterocycles. The molecule has 0 aliphatic rings. The van der Waals surface area contributed by atoms with Gasteiger partial charge in [0.2, 0.25) is 0 Å². The molecule has 0 saturated carbocycles. The van der Waals surface area contributed by atoms with Gasteiger partial charge in [0.1, 0.15) is 0 Å². The number of non-ortho nitro benzene ring substituents is 1. The van der Waals surface area contributed by atoms with Crippen molar-refractivity contribution in [3.8, 4) is 0 Å². The van der Waals surface area contributed by atoms with Crippen molar-refractivity contribution in [3.05, 3.63) is 34.4 Å². The van der Waals surface area contributed by atoms with Crippen molar-refractivity contribution < 1.29 is 4.92 Å². The minimum absolute atomic E-state index is 0. The van der Waals surface area contributed by atoms with Gasteiger partial charge in [0.25, 0.3) is 5.69 Å². The molecule has 1 aromatic carbocycles. The lowest BCUT2D eigenvalue weighted by atomic mass is 10.3. The minimum Gasteiger partial charge on any atom is -0.324 e. The average molecular weight is 226 g/mol. The number of nitrogens with two attached hydrogens (primary N) is 1. The van der Waals surface area contributed by atoms with Crippen molar-refractivity contribution in [3.63, 3.8) is 0 Å². The van der Waals surface area contributed by atoms with Crippen LogP contribution in [0.2, 0.25) is 0 Å². The topological polar surface area (TPSA) is 81.2 Å². The Morgan fingerprint density at radius 3 is 2.46 bits per heavy atom. The summed E-state index contributed by atoms with van der Waals surface area (Å²) in [5.41, 5.74) is 2.87. The molecule has 0 atom stereocenters. The molecule has 0 aromatic heterocycles. The van der Waals surface area contributed by atoms with Gasteiger partial charge in [-0.15, -0.1) is 24.8 Å². The fourth-order valence-electron chi connectivity index (χ4n) is 0.709. The van der Waals surface area contributed by atoms with E-state index in [2.05, 4.69) is 5.43 Å². The summed E-state index contributed by atoms with van der Waals surface area (Å²) >= 11 is 0. The average Bonchev–Trinajstić information content (AvgIpc) is 2.05. The van der Waals surface area contributed by atoms with Crippen LogP contribution in [-0.4, -0.2) is 4.92 Å². The Morgan fingerprint density at radius 1 is 1.38 bits per heavy atom. The third-order valence-corrected chi connectivity index (χ3v) is 1.22. The Balaban J connectivity index is 0. The first kappa shape index (κ1) is 14.5. The number of hydrazine groups is 1. The number of benzene rings is 1. The van der Waals surface area contributed by atoms with Gasteiger partial charge in [0, 0.05) is 12.1 Å². The third kappa shape index (κ3) is 3.93. The van der Waals surface area contributed by atoms with Gasteiger partial charge in [-0.3, -0.25) is 16.0 Å². The summed E-state index contributed by atoms with van der Waals surface area (Å²) in [7, 11) is 0. The fraction of sp³-hybridized carbons (Fsp3) is 0. The zero-order valence-corrected chi connectivity index (χ0v) is 8.10. The van der Waals surface area contributed by atoms with E-state index in [4.69, 9.17) is 5.84 Å². The van der Waals surface area contributed by atoms with Crippen molar-refractivity contribution >= 4 is 36.2 Å². The van der Waals surface area contributed by atoms with Crippen LogP contribution in [0.15, 0.2) is 24.3 Å². The predicted molar refractivity (Wildman–Crippen MR) is 55.4 cm³/mol. The molecule has 7 heteroatoms. The first-order valence-corrected chi connectivity index (χ1v) is 2.95. The number of nitrogens with one attached hydrogen (secondary N) is 1. The van der Waals surface area contributed by atoms with Crippen molar-refractivity contribution in [2.45, 2.75) is 0 Å². The van der Waals surface area contributed by atoms with Crippen LogP contribution in [0.25, 0.3) is 0 Å². The van der Waals surface area contributed by atoms with Gasteiger partial charge in [0.15, 0.2) is 0 Å². The van der Waals surface area contributed by atoms with E-state index >= 15 is 0 Å². The maximum atomic E-state index is 10.2. The van der Waals surface area contributed by atoms with Gasteiger partial charge >= 0.3 is 0 Å². The van der Waals surface area contributed by atoms with Crippen LogP contribution in [0, 0.1) is 10.1 Å². The van der Waals surface area contributed by atoms with Gasteiger partial charge in [-0.25, -0.2) is 0 Å². The van der Waals surface area contributed by atoms with Crippen LogP contribution >= 0.6 is 24.8 Å². The smallest absolute Gasteiger partial charge is 0.271 e. The highest BCUT2D eigenvalue weighted by Crippen LogP contribution is 2.15. The molecule has 0 saturated heterocycles. The number of anilines is 1. The van der Waals surface area contributed by atoms with Crippen molar-refractivity contribution in [1.29, 1.82) is 0 Å². The maximum absolute atomic E-state index is 10.2. The molecule has 0 unspecified atom stereocenters. The van der Waals surface area contributed by atoms with Crippen LogP contribution in [0.3, 0.4) is 0 Å². The first-order valence-electron chi connectivity index (χ1n) is 2.95. The second kappa shape index (κ2) is 6.47. The van der Waals surface area contributed by atoms with Crippen molar-refractivity contribution in [2.24, 2.45) is 5.84 Å². The van der Waals surface area contributed by atoms with E-state index in [0.717, 1.165) is 0 Å². The molecule has 5 nitrogen and oxygen atoms in total. The molecule has 0 heterocycles. The number of nitrogen functional groups attached to an aromatic ring is 1. The Labute approximate surface area is 87.3 Å². The fourth-order valence-corrected chi connectivity index (χ4v) is 0.709. The SMILES string of the molecule is Cl.Cl.NNc1cccc([N+](=O)[O-])c1. The lowest BCUT2D eigenvalue weighted by Gasteiger charge is -1.96. The quantitative estimate of drug-likeness (QED) is 0.457. The normalized spacial score (nSPS) is 7.77. The van der Waals surface area contributed by atoms with Crippen LogP contribution < -0.4 is 11.3 Å². The monoisotopic (exact) mass is 225 g/mol. The second-order valence-corrected chi connectivity index (χ2v) is 1.95. The van der Waals surface area contributed by atoms with E-state index in [1.807, 2.05) is 0 Å². The summed E-state index contributed by atoms with van der Waals surface area (Å²) < 4.78 is 0. The van der Waals surface area contributed by atoms with Gasteiger partial charge in [-0.2, -0.15) is 0 Å². The van der Waals surface area contributed by atoms with E-state index in [1.165, 1.54) is 12.1 Å². The zero-order valence-electron chi connectivity index (χ0n) is 6.47. The molecule has 0 aliphatic carbocycles. The number of nitro groups is 1. The van der Waals surface area contributed by atoms with Gasteiger partial charge in [-0.1, -0.05) is 6.07 Å². The molecule has 0 amide bonds. The van der Waals surface area contributed by atoms with Crippen LogP contribution in [0.4, 0.5) is 11.4 Å². The number of halogens is 2. The van der Waals surface area contributed by atoms with Crippen LogP contribution in [0.5, 0.6) is 0 Å². The maximum Gasteiger partial charge on any atom is 0.271 e. The molecule has 13 heavy (non-hydrogen) atoms. The largest absolute Gasteiger partial charge is 0.324 e.